The van der Waals surface area contributed by atoms with E-state index in [2.05, 4.69) is 36.4 Å². The number of H-pyrrole nitrogens is 1. The largest absolute Gasteiger partial charge is 0.299 e. The summed E-state index contributed by atoms with van der Waals surface area (Å²) in [6, 6.07) is 13.9. The Bertz CT molecular complexity index is 1440. The molecule has 1 N–H and O–H groups in total. The lowest BCUT2D eigenvalue weighted by atomic mass is 10.2. The maximum Gasteiger partial charge on any atom is 0.177 e. The first kappa shape index (κ1) is 14.1. The van der Waals surface area contributed by atoms with Crippen LogP contribution in [-0.2, 0) is 0 Å². The number of pyridine rings is 2. The van der Waals surface area contributed by atoms with Gasteiger partial charge in [0.05, 0.1) is 22.4 Å². The summed E-state index contributed by atoms with van der Waals surface area (Å²) in [4.78, 5) is 13.3. The highest BCUT2D eigenvalue weighted by Crippen LogP contribution is 2.28. The van der Waals surface area contributed by atoms with Crippen LogP contribution >= 0.6 is 0 Å². The summed E-state index contributed by atoms with van der Waals surface area (Å²) in [7, 11) is 0. The molecule has 0 aliphatic heterocycles. The lowest BCUT2D eigenvalue weighted by Gasteiger charge is -2.08. The predicted molar refractivity (Wildman–Crippen MR) is 101 cm³/mol. The Labute approximate surface area is 152 Å². The molecular weight excluding hydrogens is 340 g/mol. The van der Waals surface area contributed by atoms with Crippen molar-refractivity contribution in [3.63, 3.8) is 0 Å². The number of aromatic amines is 1. The molecule has 0 saturated heterocycles. The van der Waals surface area contributed by atoms with Gasteiger partial charge >= 0.3 is 0 Å². The smallest absolute Gasteiger partial charge is 0.177 e. The summed E-state index contributed by atoms with van der Waals surface area (Å²) >= 11 is 0. The van der Waals surface area contributed by atoms with Gasteiger partial charge in [-0.3, -0.25) is 14.2 Å². The molecule has 128 valence electrons. The highest BCUT2D eigenvalue weighted by atomic mass is 15.3. The van der Waals surface area contributed by atoms with Crippen LogP contribution in [0.25, 0.3) is 44.6 Å². The summed E-state index contributed by atoms with van der Waals surface area (Å²) in [6.07, 6.45) is 7.35. The molecule has 0 radical (unpaired) electrons. The van der Waals surface area contributed by atoms with Gasteiger partial charge in [-0.25, -0.2) is 15.0 Å². The zero-order valence-corrected chi connectivity index (χ0v) is 14.0. The quantitative estimate of drug-likeness (QED) is 0.517. The first-order chi connectivity index (χ1) is 13.4. The van der Waals surface area contributed by atoms with Gasteiger partial charge in [0, 0.05) is 24.0 Å². The fourth-order valence-electron chi connectivity index (χ4n) is 3.52. The molecule has 5 aromatic heterocycles. The van der Waals surface area contributed by atoms with Gasteiger partial charge < -0.3 is 0 Å². The Morgan fingerprint density at radius 2 is 1.81 bits per heavy atom. The van der Waals surface area contributed by atoms with Crippen LogP contribution in [0.15, 0.2) is 67.4 Å². The average molecular weight is 352 g/mol. The van der Waals surface area contributed by atoms with Gasteiger partial charge in [0.1, 0.15) is 17.5 Å². The highest BCUT2D eigenvalue weighted by Gasteiger charge is 2.14. The van der Waals surface area contributed by atoms with E-state index in [0.29, 0.717) is 5.65 Å². The SMILES string of the molecule is c1cc(-n2ccc3c(-n4cnc5ncccc54)ccnc32)c2nn[nH]c2c1. The molecule has 6 rings (SSSR count). The third kappa shape index (κ3) is 1.94. The lowest BCUT2D eigenvalue weighted by Crippen LogP contribution is -1.98. The number of nitrogens with zero attached hydrogens (tertiary/aromatic N) is 7. The number of hydrogen-bond acceptors (Lipinski definition) is 5. The standard InChI is InChI=1S/C19H12N8/c1-3-13-17(24-25-23-13)15(4-1)26-10-7-12-14(6-9-21-19(12)26)27-11-22-18-16(27)5-2-8-20-18/h1-11H,(H,23,24,25). The van der Waals surface area contributed by atoms with Crippen molar-refractivity contribution in [2.45, 2.75) is 0 Å². The lowest BCUT2D eigenvalue weighted by molar-refractivity contribution is 0.956. The van der Waals surface area contributed by atoms with Crippen LogP contribution < -0.4 is 0 Å². The zero-order chi connectivity index (χ0) is 17.8. The Morgan fingerprint density at radius 3 is 2.81 bits per heavy atom. The minimum absolute atomic E-state index is 0.717. The molecule has 0 aliphatic carbocycles. The van der Waals surface area contributed by atoms with Gasteiger partial charge in [-0.2, -0.15) is 0 Å². The van der Waals surface area contributed by atoms with Crippen molar-refractivity contribution in [3.8, 4) is 11.4 Å². The second kappa shape index (κ2) is 5.21. The Hall–Kier alpha value is -4.07. The molecule has 8 nitrogen and oxygen atoms in total. The maximum atomic E-state index is 4.61. The summed E-state index contributed by atoms with van der Waals surface area (Å²) < 4.78 is 4.06. The topological polar surface area (TPSA) is 90.1 Å². The molecule has 6 aromatic rings. The predicted octanol–water partition coefficient (Wildman–Crippen LogP) is 3.03. The van der Waals surface area contributed by atoms with Crippen LogP contribution in [0, 0.1) is 0 Å². The van der Waals surface area contributed by atoms with Gasteiger partial charge in [-0.1, -0.05) is 11.3 Å². The molecule has 1 aromatic carbocycles. The van der Waals surface area contributed by atoms with Crippen LogP contribution in [-0.4, -0.2) is 39.5 Å². The minimum Gasteiger partial charge on any atom is -0.299 e. The molecule has 0 aliphatic rings. The highest BCUT2D eigenvalue weighted by molar-refractivity contribution is 5.91. The van der Waals surface area contributed by atoms with Crippen molar-refractivity contribution >= 4 is 33.2 Å². The Morgan fingerprint density at radius 1 is 0.815 bits per heavy atom. The molecule has 0 bridgehead atoms. The molecule has 8 heteroatoms. The monoisotopic (exact) mass is 352 g/mol. The van der Waals surface area contributed by atoms with Crippen LogP contribution in [0.3, 0.4) is 0 Å². The van der Waals surface area contributed by atoms with Crippen molar-refractivity contribution in [2.24, 2.45) is 0 Å². The van der Waals surface area contributed by atoms with Crippen molar-refractivity contribution in [1.29, 1.82) is 0 Å². The van der Waals surface area contributed by atoms with E-state index >= 15 is 0 Å². The third-order valence-electron chi connectivity index (χ3n) is 4.74. The molecule has 0 unspecified atom stereocenters. The van der Waals surface area contributed by atoms with E-state index in [9.17, 15) is 0 Å². The molecule has 0 saturated carbocycles. The van der Waals surface area contributed by atoms with E-state index in [4.69, 9.17) is 0 Å². The maximum absolute atomic E-state index is 4.61. The van der Waals surface area contributed by atoms with Crippen molar-refractivity contribution in [1.82, 2.24) is 39.5 Å². The molecule has 0 fully saturated rings. The van der Waals surface area contributed by atoms with Gasteiger partial charge in [-0.15, -0.1) is 5.10 Å². The van der Waals surface area contributed by atoms with E-state index < -0.39 is 0 Å². The number of fused-ring (bicyclic) bond motifs is 3. The second-order valence-electron chi connectivity index (χ2n) is 6.20. The van der Waals surface area contributed by atoms with Crippen molar-refractivity contribution in [3.05, 3.63) is 67.4 Å². The van der Waals surface area contributed by atoms with Crippen LogP contribution in [0.5, 0.6) is 0 Å². The number of rotatable bonds is 2. The van der Waals surface area contributed by atoms with Crippen LogP contribution in [0.2, 0.25) is 0 Å². The molecule has 27 heavy (non-hydrogen) atoms. The molecule has 0 atom stereocenters. The number of aromatic nitrogens is 8. The van der Waals surface area contributed by atoms with Gasteiger partial charge in [-0.05, 0) is 36.4 Å². The normalized spacial score (nSPS) is 11.7. The Balaban J connectivity index is 1.63. The Kier molecular flexibility index (Phi) is 2.73. The molecular formula is C19H12N8. The molecule has 0 spiro atoms. The number of benzene rings is 1. The number of nitrogens with one attached hydrogen (secondary N) is 1. The van der Waals surface area contributed by atoms with E-state index in [1.807, 2.05) is 51.7 Å². The fraction of sp³-hybridized carbons (Fsp3) is 0. The van der Waals surface area contributed by atoms with E-state index in [0.717, 1.165) is 39.0 Å². The van der Waals surface area contributed by atoms with Crippen LogP contribution in [0.1, 0.15) is 0 Å². The molecule has 5 heterocycles. The van der Waals surface area contributed by atoms with Gasteiger partial charge in [0.25, 0.3) is 0 Å². The van der Waals surface area contributed by atoms with Gasteiger partial charge in [0.15, 0.2) is 5.65 Å². The second-order valence-corrected chi connectivity index (χ2v) is 6.20. The van der Waals surface area contributed by atoms with E-state index in [-0.39, 0.29) is 0 Å². The summed E-state index contributed by atoms with van der Waals surface area (Å²) in [6.45, 7) is 0. The van der Waals surface area contributed by atoms with Gasteiger partial charge in [0.2, 0.25) is 0 Å². The number of hydrogen-bond donors (Lipinski definition) is 1. The molecule has 0 amide bonds. The number of imidazole rings is 1. The minimum atomic E-state index is 0.717. The zero-order valence-electron chi connectivity index (χ0n) is 14.0. The average Bonchev–Trinajstić information content (AvgIpc) is 3.44. The summed E-state index contributed by atoms with van der Waals surface area (Å²) in [5.41, 5.74) is 6.13. The first-order valence-electron chi connectivity index (χ1n) is 8.45. The van der Waals surface area contributed by atoms with E-state index in [1.54, 1.807) is 18.7 Å². The first-order valence-corrected chi connectivity index (χ1v) is 8.45. The third-order valence-corrected chi connectivity index (χ3v) is 4.74. The summed E-state index contributed by atoms with van der Waals surface area (Å²) in [5.74, 6) is 0. The summed E-state index contributed by atoms with van der Waals surface area (Å²) in [5, 5.41) is 12.1. The van der Waals surface area contributed by atoms with Crippen molar-refractivity contribution < 1.29 is 0 Å². The van der Waals surface area contributed by atoms with Crippen molar-refractivity contribution in [2.75, 3.05) is 0 Å². The van der Waals surface area contributed by atoms with E-state index in [1.165, 1.54) is 0 Å². The fourth-order valence-corrected chi connectivity index (χ4v) is 3.52. The van der Waals surface area contributed by atoms with Crippen LogP contribution in [0.4, 0.5) is 0 Å².